The number of aryl methyl sites for hydroxylation is 1. The minimum atomic E-state index is -0.351. The van der Waals surface area contributed by atoms with Crippen molar-refractivity contribution in [1.82, 2.24) is 9.80 Å². The molecule has 24 heavy (non-hydrogen) atoms. The van der Waals surface area contributed by atoms with Gasteiger partial charge in [0.25, 0.3) is 5.91 Å². The lowest BCUT2D eigenvalue weighted by atomic mass is 9.96. The number of carbonyl (C=O) groups excluding carboxylic acids is 3. The second-order valence-corrected chi connectivity index (χ2v) is 6.84. The molecule has 4 rings (SSSR count). The molecule has 0 saturated carbocycles. The Morgan fingerprint density at radius 1 is 1.21 bits per heavy atom. The Bertz CT molecular complexity index is 695. The smallest absolute Gasteiger partial charge is 0.312 e. The summed E-state index contributed by atoms with van der Waals surface area (Å²) in [7, 11) is 0. The second-order valence-electron chi connectivity index (χ2n) is 6.84. The van der Waals surface area contributed by atoms with Crippen LogP contribution in [0.5, 0.6) is 0 Å². The molecule has 3 aliphatic heterocycles. The molecular weight excluding hydrogens is 306 g/mol. The molecule has 4 amide bonds. The van der Waals surface area contributed by atoms with E-state index in [1.165, 1.54) is 0 Å². The number of rotatable bonds is 2. The van der Waals surface area contributed by atoms with E-state index in [1.54, 1.807) is 9.80 Å². The Labute approximate surface area is 141 Å². The summed E-state index contributed by atoms with van der Waals surface area (Å²) in [6.45, 7) is 2.46. The first-order chi connectivity index (χ1) is 11.6. The number of imide groups is 1. The molecule has 2 fully saturated rings. The van der Waals surface area contributed by atoms with E-state index >= 15 is 0 Å². The van der Waals surface area contributed by atoms with Crippen molar-refractivity contribution in [2.45, 2.75) is 44.7 Å². The lowest BCUT2D eigenvalue weighted by molar-refractivity contribution is -0.131. The van der Waals surface area contributed by atoms with E-state index in [1.807, 2.05) is 31.2 Å². The molecule has 0 aliphatic carbocycles. The predicted molar refractivity (Wildman–Crippen MR) is 88.5 cm³/mol. The van der Waals surface area contributed by atoms with Crippen LogP contribution in [0, 0.1) is 0 Å². The van der Waals surface area contributed by atoms with E-state index in [9.17, 15) is 14.4 Å². The third-order valence-electron chi connectivity index (χ3n) is 5.37. The summed E-state index contributed by atoms with van der Waals surface area (Å²) < 4.78 is 0. The lowest BCUT2D eigenvalue weighted by Gasteiger charge is -2.36. The largest absolute Gasteiger partial charge is 0.327 e. The summed E-state index contributed by atoms with van der Waals surface area (Å²) in [6, 6.07) is 7.27. The molecule has 6 nitrogen and oxygen atoms in total. The van der Waals surface area contributed by atoms with Crippen LogP contribution in [0.1, 0.15) is 31.7 Å². The van der Waals surface area contributed by atoms with Crippen molar-refractivity contribution in [3.63, 3.8) is 0 Å². The number of anilines is 1. The molecule has 0 bridgehead atoms. The number of benzene rings is 1. The molecule has 0 aromatic heterocycles. The SMILES string of the molecule is C[C@H]1CCc2ccccc2N1C(=O)CN1C(=O)[C@H]2CCCN2C1=O. The van der Waals surface area contributed by atoms with Crippen LogP contribution in [0.25, 0.3) is 0 Å². The van der Waals surface area contributed by atoms with E-state index in [4.69, 9.17) is 0 Å². The zero-order chi connectivity index (χ0) is 16.8. The Balaban J connectivity index is 1.57. The van der Waals surface area contributed by atoms with Gasteiger partial charge < -0.3 is 9.80 Å². The molecule has 126 valence electrons. The highest BCUT2D eigenvalue weighted by Gasteiger charge is 2.48. The summed E-state index contributed by atoms with van der Waals surface area (Å²) in [5.41, 5.74) is 2.05. The minimum Gasteiger partial charge on any atom is -0.312 e. The van der Waals surface area contributed by atoms with E-state index < -0.39 is 0 Å². The molecule has 0 spiro atoms. The van der Waals surface area contributed by atoms with E-state index in [2.05, 4.69) is 0 Å². The normalized spacial score (nSPS) is 26.0. The molecule has 3 aliphatic rings. The number of nitrogens with zero attached hydrogens (tertiary/aromatic N) is 3. The maximum Gasteiger partial charge on any atom is 0.327 e. The fourth-order valence-corrected chi connectivity index (χ4v) is 4.11. The van der Waals surface area contributed by atoms with Crippen LogP contribution in [0.3, 0.4) is 0 Å². The molecule has 2 saturated heterocycles. The van der Waals surface area contributed by atoms with E-state index in [0.29, 0.717) is 13.0 Å². The molecule has 1 aromatic carbocycles. The predicted octanol–water partition coefficient (Wildman–Crippen LogP) is 1.78. The van der Waals surface area contributed by atoms with Crippen molar-refractivity contribution in [1.29, 1.82) is 0 Å². The number of urea groups is 1. The van der Waals surface area contributed by atoms with Gasteiger partial charge in [-0.05, 0) is 44.2 Å². The van der Waals surface area contributed by atoms with Crippen LogP contribution in [-0.2, 0) is 16.0 Å². The van der Waals surface area contributed by atoms with Crippen molar-refractivity contribution in [2.75, 3.05) is 18.0 Å². The molecule has 0 unspecified atom stereocenters. The Hall–Kier alpha value is -2.37. The average molecular weight is 327 g/mol. The van der Waals surface area contributed by atoms with E-state index in [0.717, 1.165) is 35.4 Å². The van der Waals surface area contributed by atoms with Gasteiger partial charge >= 0.3 is 6.03 Å². The van der Waals surface area contributed by atoms with Gasteiger partial charge in [-0.2, -0.15) is 0 Å². The van der Waals surface area contributed by atoms with Crippen molar-refractivity contribution in [3.8, 4) is 0 Å². The van der Waals surface area contributed by atoms with Gasteiger partial charge in [0.2, 0.25) is 5.91 Å². The third kappa shape index (κ3) is 2.20. The fraction of sp³-hybridized carbons (Fsp3) is 0.500. The second kappa shape index (κ2) is 5.61. The number of para-hydroxylation sites is 1. The molecule has 1 aromatic rings. The van der Waals surface area contributed by atoms with Gasteiger partial charge in [0.05, 0.1) is 0 Å². The van der Waals surface area contributed by atoms with E-state index in [-0.39, 0.29) is 36.5 Å². The van der Waals surface area contributed by atoms with Gasteiger partial charge in [0, 0.05) is 18.3 Å². The van der Waals surface area contributed by atoms with Crippen molar-refractivity contribution < 1.29 is 14.4 Å². The van der Waals surface area contributed by atoms with Crippen molar-refractivity contribution in [2.24, 2.45) is 0 Å². The molecule has 6 heteroatoms. The molecule has 0 radical (unpaired) electrons. The first kappa shape index (κ1) is 15.2. The van der Waals surface area contributed by atoms with Gasteiger partial charge in [-0.25, -0.2) is 4.79 Å². The number of hydrogen-bond acceptors (Lipinski definition) is 3. The summed E-state index contributed by atoms with van der Waals surface area (Å²) in [6.07, 6.45) is 3.40. The highest BCUT2D eigenvalue weighted by atomic mass is 16.2. The number of carbonyl (C=O) groups is 3. The third-order valence-corrected chi connectivity index (χ3v) is 5.37. The van der Waals surface area contributed by atoms with Crippen LogP contribution in [0.2, 0.25) is 0 Å². The minimum absolute atomic E-state index is 0.0695. The van der Waals surface area contributed by atoms with Crippen LogP contribution < -0.4 is 4.90 Å². The maximum absolute atomic E-state index is 12.9. The zero-order valence-electron chi connectivity index (χ0n) is 13.8. The summed E-state index contributed by atoms with van der Waals surface area (Å²) in [5.74, 6) is -0.402. The number of amides is 4. The summed E-state index contributed by atoms with van der Waals surface area (Å²) >= 11 is 0. The van der Waals surface area contributed by atoms with Crippen LogP contribution >= 0.6 is 0 Å². The van der Waals surface area contributed by atoms with Crippen molar-refractivity contribution in [3.05, 3.63) is 29.8 Å². The van der Waals surface area contributed by atoms with Gasteiger partial charge in [-0.1, -0.05) is 18.2 Å². The zero-order valence-corrected chi connectivity index (χ0v) is 13.8. The molecular formula is C18H21N3O3. The fourth-order valence-electron chi connectivity index (χ4n) is 4.11. The monoisotopic (exact) mass is 327 g/mol. The van der Waals surface area contributed by atoms with Crippen LogP contribution in [-0.4, -0.2) is 52.8 Å². The molecule has 2 atom stereocenters. The van der Waals surface area contributed by atoms with Crippen LogP contribution in [0.4, 0.5) is 10.5 Å². The first-order valence-electron chi connectivity index (χ1n) is 8.60. The van der Waals surface area contributed by atoms with Gasteiger partial charge in [0.15, 0.2) is 0 Å². The average Bonchev–Trinajstić information content (AvgIpc) is 3.14. The summed E-state index contributed by atoms with van der Waals surface area (Å²) in [5, 5.41) is 0. The maximum atomic E-state index is 12.9. The standard InChI is InChI=1S/C18H21N3O3/c1-12-8-9-13-5-2-3-6-14(13)21(12)16(22)11-20-17(23)15-7-4-10-19(15)18(20)24/h2-3,5-6,12,15H,4,7-11H2,1H3/t12-,15+/m0/s1. The quantitative estimate of drug-likeness (QED) is 0.778. The highest BCUT2D eigenvalue weighted by Crippen LogP contribution is 2.32. The van der Waals surface area contributed by atoms with Gasteiger partial charge in [-0.15, -0.1) is 0 Å². The Morgan fingerprint density at radius 3 is 2.79 bits per heavy atom. The number of hydrogen-bond donors (Lipinski definition) is 0. The Kier molecular flexibility index (Phi) is 3.55. The lowest BCUT2D eigenvalue weighted by Crippen LogP contribution is -2.48. The van der Waals surface area contributed by atoms with Gasteiger partial charge in [0.1, 0.15) is 12.6 Å². The van der Waals surface area contributed by atoms with Gasteiger partial charge in [-0.3, -0.25) is 14.5 Å². The Morgan fingerprint density at radius 2 is 2.00 bits per heavy atom. The summed E-state index contributed by atoms with van der Waals surface area (Å²) in [4.78, 5) is 42.2. The number of fused-ring (bicyclic) bond motifs is 2. The van der Waals surface area contributed by atoms with Crippen LogP contribution in [0.15, 0.2) is 24.3 Å². The molecule has 3 heterocycles. The van der Waals surface area contributed by atoms with Crippen molar-refractivity contribution >= 4 is 23.5 Å². The molecule has 0 N–H and O–H groups in total. The highest BCUT2D eigenvalue weighted by molar-refractivity contribution is 6.08. The first-order valence-corrected chi connectivity index (χ1v) is 8.60. The topological polar surface area (TPSA) is 60.9 Å².